The Kier molecular flexibility index (Phi) is 6.36. The molecule has 0 bridgehead atoms. The maximum Gasteiger partial charge on any atom is 0.335 e. The van der Waals surface area contributed by atoms with E-state index in [4.69, 9.17) is 14.6 Å². The van der Waals surface area contributed by atoms with Crippen LogP contribution in [0.1, 0.15) is 32.1 Å². The molecule has 2 aromatic carbocycles. The molecule has 0 unspecified atom stereocenters. The van der Waals surface area contributed by atoms with Crippen molar-refractivity contribution < 1.29 is 24.2 Å². The molecule has 33 heavy (non-hydrogen) atoms. The predicted molar refractivity (Wildman–Crippen MR) is 122 cm³/mol. The molecule has 0 fully saturated rings. The van der Waals surface area contributed by atoms with Gasteiger partial charge in [-0.25, -0.2) is 9.78 Å². The lowest BCUT2D eigenvalue weighted by molar-refractivity contribution is 0.0696. The quantitative estimate of drug-likeness (QED) is 0.364. The van der Waals surface area contributed by atoms with E-state index in [0.29, 0.717) is 27.3 Å². The highest BCUT2D eigenvalue weighted by molar-refractivity contribution is 7.16. The lowest BCUT2D eigenvalue weighted by Crippen LogP contribution is -2.27. The van der Waals surface area contributed by atoms with Gasteiger partial charge in [-0.2, -0.15) is 0 Å². The standard InChI is InChI=1S/C23H19N3O6S/c1-31-17-4-2-3-13(9-17)10-24-21(28)19-25-20(27)18-15(12-33-22(18)26-19)11-32-16-7-5-14(6-8-16)23(29)30/h2-9,12H,10-11H2,1H3,(H,24,28)(H,29,30)(H,25,26,27). The Morgan fingerprint density at radius 1 is 1.15 bits per heavy atom. The molecule has 4 rings (SSSR count). The highest BCUT2D eigenvalue weighted by Crippen LogP contribution is 2.23. The summed E-state index contributed by atoms with van der Waals surface area (Å²) < 4.78 is 10.8. The van der Waals surface area contributed by atoms with Crippen LogP contribution < -0.4 is 20.3 Å². The lowest BCUT2D eigenvalue weighted by atomic mass is 10.2. The van der Waals surface area contributed by atoms with Gasteiger partial charge in [0.2, 0.25) is 5.82 Å². The molecule has 2 heterocycles. The van der Waals surface area contributed by atoms with Crippen molar-refractivity contribution in [3.63, 3.8) is 0 Å². The number of ether oxygens (including phenoxy) is 2. The van der Waals surface area contributed by atoms with Crippen LogP contribution >= 0.6 is 11.3 Å². The van der Waals surface area contributed by atoms with Gasteiger partial charge in [-0.3, -0.25) is 9.59 Å². The number of thiophene rings is 1. The fourth-order valence-corrected chi connectivity index (χ4v) is 4.05. The molecule has 0 saturated heterocycles. The first-order valence-electron chi connectivity index (χ1n) is 9.82. The van der Waals surface area contributed by atoms with Crippen LogP contribution in [0.5, 0.6) is 11.5 Å². The molecule has 10 heteroatoms. The molecule has 0 spiro atoms. The van der Waals surface area contributed by atoms with Gasteiger partial charge < -0.3 is 24.9 Å². The minimum atomic E-state index is -1.02. The number of amides is 1. The number of carbonyl (C=O) groups excluding carboxylic acids is 1. The number of H-pyrrole nitrogens is 1. The average Bonchev–Trinajstić information content (AvgIpc) is 3.25. The van der Waals surface area contributed by atoms with Crippen molar-refractivity contribution in [2.45, 2.75) is 13.2 Å². The molecule has 0 aliphatic heterocycles. The van der Waals surface area contributed by atoms with E-state index in [1.165, 1.54) is 23.5 Å². The second kappa shape index (κ2) is 9.53. The van der Waals surface area contributed by atoms with Gasteiger partial charge in [0.1, 0.15) is 22.9 Å². The highest BCUT2D eigenvalue weighted by Gasteiger charge is 2.16. The van der Waals surface area contributed by atoms with Gasteiger partial charge >= 0.3 is 5.97 Å². The van der Waals surface area contributed by atoms with Gasteiger partial charge in [0.25, 0.3) is 11.5 Å². The van der Waals surface area contributed by atoms with Crippen molar-refractivity contribution in [3.8, 4) is 11.5 Å². The van der Waals surface area contributed by atoms with Crippen LogP contribution in [0.2, 0.25) is 0 Å². The predicted octanol–water partition coefficient (Wildman–Crippen LogP) is 3.20. The fourth-order valence-electron chi connectivity index (χ4n) is 3.12. The molecule has 9 nitrogen and oxygen atoms in total. The molecule has 0 aliphatic rings. The summed E-state index contributed by atoms with van der Waals surface area (Å²) in [5.74, 6) is -0.444. The molecule has 1 amide bonds. The summed E-state index contributed by atoms with van der Waals surface area (Å²) in [6.07, 6.45) is 0. The first kappa shape index (κ1) is 22.0. The second-order valence-corrected chi connectivity index (χ2v) is 7.87. The number of aromatic nitrogens is 2. The van der Waals surface area contributed by atoms with Crippen molar-refractivity contribution in [3.05, 3.63) is 86.8 Å². The third kappa shape index (κ3) is 5.01. The van der Waals surface area contributed by atoms with Gasteiger partial charge in [0.05, 0.1) is 18.1 Å². The number of carbonyl (C=O) groups is 2. The van der Waals surface area contributed by atoms with Crippen LogP contribution in [0.25, 0.3) is 10.2 Å². The van der Waals surface area contributed by atoms with Crippen molar-refractivity contribution in [1.82, 2.24) is 15.3 Å². The average molecular weight is 465 g/mol. The van der Waals surface area contributed by atoms with E-state index in [0.717, 1.165) is 5.56 Å². The molecular weight excluding hydrogens is 446 g/mol. The SMILES string of the molecule is COc1cccc(CNC(=O)c2nc3scc(COc4ccc(C(=O)O)cc4)c3c(=O)[nH]2)c1. The van der Waals surface area contributed by atoms with Crippen LogP contribution in [0.3, 0.4) is 0 Å². The smallest absolute Gasteiger partial charge is 0.335 e. The van der Waals surface area contributed by atoms with Crippen LogP contribution in [0, 0.1) is 0 Å². The maximum atomic E-state index is 12.7. The normalized spacial score (nSPS) is 10.7. The number of hydrogen-bond donors (Lipinski definition) is 3. The number of carboxylic acid groups (broad SMARTS) is 1. The number of aromatic carboxylic acids is 1. The van der Waals surface area contributed by atoms with Gasteiger partial charge in [0.15, 0.2) is 0 Å². The van der Waals surface area contributed by atoms with E-state index in [9.17, 15) is 14.4 Å². The molecule has 2 aromatic heterocycles. The molecule has 4 aromatic rings. The van der Waals surface area contributed by atoms with Gasteiger partial charge in [0, 0.05) is 17.5 Å². The van der Waals surface area contributed by atoms with E-state index in [1.54, 1.807) is 30.7 Å². The number of nitrogens with one attached hydrogen (secondary N) is 2. The molecular formula is C23H19N3O6S. The summed E-state index contributed by atoms with van der Waals surface area (Å²) >= 11 is 1.24. The van der Waals surface area contributed by atoms with Crippen LogP contribution in [0.4, 0.5) is 0 Å². The van der Waals surface area contributed by atoms with Crippen LogP contribution in [-0.4, -0.2) is 34.1 Å². The van der Waals surface area contributed by atoms with E-state index in [1.807, 2.05) is 18.2 Å². The maximum absolute atomic E-state index is 12.7. The molecule has 0 saturated carbocycles. The Labute approximate surface area is 191 Å². The first-order chi connectivity index (χ1) is 15.9. The monoisotopic (exact) mass is 465 g/mol. The Bertz CT molecular complexity index is 1380. The van der Waals surface area contributed by atoms with Gasteiger partial charge in [-0.15, -0.1) is 11.3 Å². The number of aromatic amines is 1. The number of methoxy groups -OCH3 is 1. The summed E-state index contributed by atoms with van der Waals surface area (Å²) in [7, 11) is 1.57. The molecule has 168 valence electrons. The number of benzene rings is 2. The summed E-state index contributed by atoms with van der Waals surface area (Å²) in [5.41, 5.74) is 1.18. The third-order valence-corrected chi connectivity index (χ3v) is 5.74. The van der Waals surface area contributed by atoms with Crippen LogP contribution in [0.15, 0.2) is 58.7 Å². The van der Waals surface area contributed by atoms with Crippen molar-refractivity contribution in [2.75, 3.05) is 7.11 Å². The van der Waals surface area contributed by atoms with E-state index in [-0.39, 0.29) is 24.5 Å². The molecule has 3 N–H and O–H groups in total. The Balaban J connectivity index is 1.46. The van der Waals surface area contributed by atoms with E-state index in [2.05, 4.69) is 15.3 Å². The number of hydrogen-bond acceptors (Lipinski definition) is 7. The molecule has 0 atom stereocenters. The summed E-state index contributed by atoms with van der Waals surface area (Å²) in [6, 6.07) is 13.3. The summed E-state index contributed by atoms with van der Waals surface area (Å²) in [4.78, 5) is 43.4. The third-order valence-electron chi connectivity index (χ3n) is 4.82. The minimum absolute atomic E-state index is 0.0750. The summed E-state index contributed by atoms with van der Waals surface area (Å²) in [5, 5.41) is 13.8. The first-order valence-corrected chi connectivity index (χ1v) is 10.7. The van der Waals surface area contributed by atoms with Gasteiger partial charge in [-0.1, -0.05) is 12.1 Å². The number of nitrogens with zero attached hydrogens (tertiary/aromatic N) is 1. The Morgan fingerprint density at radius 3 is 2.67 bits per heavy atom. The van der Waals surface area contributed by atoms with E-state index >= 15 is 0 Å². The largest absolute Gasteiger partial charge is 0.497 e. The summed E-state index contributed by atoms with van der Waals surface area (Å²) in [6.45, 7) is 0.348. The molecule has 0 radical (unpaired) electrons. The van der Waals surface area contributed by atoms with Gasteiger partial charge in [-0.05, 0) is 42.0 Å². The Hall–Kier alpha value is -4.18. The topological polar surface area (TPSA) is 131 Å². The van der Waals surface area contributed by atoms with E-state index < -0.39 is 17.4 Å². The molecule has 0 aliphatic carbocycles. The fraction of sp³-hybridized carbons (Fsp3) is 0.130. The van der Waals surface area contributed by atoms with Crippen molar-refractivity contribution >= 4 is 33.4 Å². The zero-order chi connectivity index (χ0) is 23.4. The van der Waals surface area contributed by atoms with Crippen LogP contribution in [-0.2, 0) is 13.2 Å². The zero-order valence-corrected chi connectivity index (χ0v) is 18.3. The number of carboxylic acids is 1. The second-order valence-electron chi connectivity index (χ2n) is 7.01. The van der Waals surface area contributed by atoms with Crippen molar-refractivity contribution in [2.24, 2.45) is 0 Å². The Morgan fingerprint density at radius 2 is 1.94 bits per heavy atom. The number of fused-ring (bicyclic) bond motifs is 1. The van der Waals surface area contributed by atoms with Crippen molar-refractivity contribution in [1.29, 1.82) is 0 Å². The highest BCUT2D eigenvalue weighted by atomic mass is 32.1. The zero-order valence-electron chi connectivity index (χ0n) is 17.5. The number of rotatable bonds is 8. The minimum Gasteiger partial charge on any atom is -0.497 e. The lowest BCUT2D eigenvalue weighted by Gasteiger charge is -2.07.